The normalized spacial score (nSPS) is 25.0. The van der Waals surface area contributed by atoms with Crippen LogP contribution in [0.2, 0.25) is 0 Å². The quantitative estimate of drug-likeness (QED) is 0.683. The van der Waals surface area contributed by atoms with Crippen molar-refractivity contribution in [3.05, 3.63) is 59.9 Å². The summed E-state index contributed by atoms with van der Waals surface area (Å²) < 4.78 is 14.0. The van der Waals surface area contributed by atoms with Crippen LogP contribution in [-0.4, -0.2) is 13.1 Å². The van der Waals surface area contributed by atoms with Crippen molar-refractivity contribution >= 4 is 0 Å². The molecule has 5 rings (SSSR count). The van der Waals surface area contributed by atoms with Gasteiger partial charge in [0.05, 0.1) is 0 Å². The van der Waals surface area contributed by atoms with E-state index in [1.165, 1.54) is 23.5 Å². The monoisotopic (exact) mass is 351 g/mol. The van der Waals surface area contributed by atoms with Crippen LogP contribution >= 0.6 is 0 Å². The molecule has 2 saturated carbocycles. The van der Waals surface area contributed by atoms with Gasteiger partial charge in [0.2, 0.25) is 0 Å². The van der Waals surface area contributed by atoms with Crippen LogP contribution in [-0.2, 0) is 0 Å². The summed E-state index contributed by atoms with van der Waals surface area (Å²) in [5.74, 6) is 2.75. The van der Waals surface area contributed by atoms with E-state index in [2.05, 4.69) is 17.4 Å². The summed E-state index contributed by atoms with van der Waals surface area (Å²) in [6.07, 6.45) is 10.1. The zero-order valence-electron chi connectivity index (χ0n) is 15.6. The second kappa shape index (κ2) is 8.35. The zero-order valence-corrected chi connectivity index (χ0v) is 15.6. The summed E-state index contributed by atoms with van der Waals surface area (Å²) >= 11 is 0. The maximum atomic E-state index is 14.0. The molecule has 0 atom stereocenters. The van der Waals surface area contributed by atoms with Crippen molar-refractivity contribution in [3.8, 4) is 11.1 Å². The Kier molecular flexibility index (Phi) is 5.69. The minimum Gasteiger partial charge on any atom is -0.317 e. The van der Waals surface area contributed by atoms with Crippen molar-refractivity contribution in [3.63, 3.8) is 0 Å². The van der Waals surface area contributed by atoms with E-state index in [-0.39, 0.29) is 5.82 Å². The van der Waals surface area contributed by atoms with E-state index >= 15 is 0 Å². The molecule has 2 aromatic carbocycles. The van der Waals surface area contributed by atoms with Crippen LogP contribution in [0, 0.1) is 17.7 Å². The summed E-state index contributed by atoms with van der Waals surface area (Å²) in [6, 6.07) is 15.3. The average Bonchev–Trinajstić information content (AvgIpc) is 3.36. The van der Waals surface area contributed by atoms with E-state index in [1.54, 1.807) is 38.2 Å². The van der Waals surface area contributed by atoms with E-state index in [1.807, 2.05) is 24.3 Å². The second-order valence-electron chi connectivity index (χ2n) is 8.21. The molecule has 0 spiro atoms. The van der Waals surface area contributed by atoms with Crippen molar-refractivity contribution < 1.29 is 4.39 Å². The first-order valence-electron chi connectivity index (χ1n) is 10.4. The lowest BCUT2D eigenvalue weighted by atomic mass is 9.85. The molecule has 1 nitrogen and oxygen atoms in total. The van der Waals surface area contributed by atoms with Gasteiger partial charge in [-0.1, -0.05) is 68.1 Å². The van der Waals surface area contributed by atoms with Crippen LogP contribution in [0.4, 0.5) is 4.39 Å². The Morgan fingerprint density at radius 2 is 1.27 bits per heavy atom. The van der Waals surface area contributed by atoms with Crippen molar-refractivity contribution in [1.82, 2.24) is 5.32 Å². The van der Waals surface area contributed by atoms with Crippen LogP contribution in [0.5, 0.6) is 0 Å². The lowest BCUT2D eigenvalue weighted by Gasteiger charge is -2.25. The Morgan fingerprint density at radius 3 is 1.85 bits per heavy atom. The Balaban J connectivity index is 0.000000198. The predicted molar refractivity (Wildman–Crippen MR) is 107 cm³/mol. The number of rotatable bonds is 2. The molecule has 1 heterocycles. The maximum Gasteiger partial charge on any atom is 0.131 e. The number of hydrogen-bond donors (Lipinski definition) is 1. The molecule has 26 heavy (non-hydrogen) atoms. The fraction of sp³-hybridized carbons (Fsp3) is 0.500. The van der Waals surface area contributed by atoms with Crippen LogP contribution in [0.1, 0.15) is 56.4 Å². The van der Waals surface area contributed by atoms with Crippen LogP contribution < -0.4 is 5.32 Å². The Labute approximate surface area is 157 Å². The molecule has 2 heteroatoms. The highest BCUT2D eigenvalue weighted by atomic mass is 19.1. The fourth-order valence-corrected chi connectivity index (χ4v) is 5.09. The van der Waals surface area contributed by atoms with Gasteiger partial charge in [0.15, 0.2) is 0 Å². The Morgan fingerprint density at radius 1 is 0.692 bits per heavy atom. The highest BCUT2D eigenvalue weighted by Crippen LogP contribution is 2.43. The smallest absolute Gasteiger partial charge is 0.131 e. The summed E-state index contributed by atoms with van der Waals surface area (Å²) in [5.41, 5.74) is 3.05. The van der Waals surface area contributed by atoms with Crippen LogP contribution in [0.25, 0.3) is 11.1 Å². The number of benzene rings is 2. The standard InChI is InChI=1S/C17H18FN.C7H12/c18-17-8-4-3-7-16(17)15-6-2-1-5-14(15)13-9-11-19-12-10-13;1-2-7-4-3-6(1)5-7/h1-8,13,19H,9-12H2;6-7H,1-5H2. The van der Waals surface area contributed by atoms with E-state index in [0.29, 0.717) is 5.92 Å². The molecule has 3 fully saturated rings. The van der Waals surface area contributed by atoms with Gasteiger partial charge in [-0.2, -0.15) is 0 Å². The predicted octanol–water partition coefficient (Wildman–Crippen LogP) is 6.16. The van der Waals surface area contributed by atoms with Crippen molar-refractivity contribution in [2.45, 2.75) is 50.9 Å². The van der Waals surface area contributed by atoms with Gasteiger partial charge >= 0.3 is 0 Å². The van der Waals surface area contributed by atoms with Gasteiger partial charge < -0.3 is 5.32 Å². The molecule has 0 aromatic heterocycles. The van der Waals surface area contributed by atoms with Crippen molar-refractivity contribution in [2.24, 2.45) is 11.8 Å². The molecule has 0 unspecified atom stereocenters. The maximum absolute atomic E-state index is 14.0. The molecule has 3 aliphatic rings. The number of halogens is 1. The average molecular weight is 352 g/mol. The summed E-state index contributed by atoms with van der Waals surface area (Å²) in [4.78, 5) is 0. The first kappa shape index (κ1) is 17.7. The molecule has 1 aliphatic heterocycles. The van der Waals surface area contributed by atoms with E-state index in [4.69, 9.17) is 0 Å². The van der Waals surface area contributed by atoms with Crippen LogP contribution in [0.15, 0.2) is 48.5 Å². The Hall–Kier alpha value is -1.67. The molecular formula is C24H30FN. The van der Waals surface area contributed by atoms with Crippen molar-refractivity contribution in [1.29, 1.82) is 0 Å². The van der Waals surface area contributed by atoms with Gasteiger partial charge in [-0.05, 0) is 67.3 Å². The second-order valence-corrected chi connectivity index (χ2v) is 8.21. The van der Waals surface area contributed by atoms with E-state index in [0.717, 1.165) is 37.1 Å². The van der Waals surface area contributed by atoms with E-state index in [9.17, 15) is 4.39 Å². The third-order valence-electron chi connectivity index (χ3n) is 6.54. The third kappa shape index (κ3) is 4.01. The molecule has 2 aliphatic carbocycles. The molecule has 2 aromatic rings. The number of fused-ring (bicyclic) bond motifs is 2. The molecule has 138 valence electrons. The van der Waals surface area contributed by atoms with Crippen molar-refractivity contribution in [2.75, 3.05) is 13.1 Å². The number of piperidine rings is 1. The molecule has 1 N–H and O–H groups in total. The first-order valence-corrected chi connectivity index (χ1v) is 10.4. The minimum atomic E-state index is -0.135. The van der Waals surface area contributed by atoms with Gasteiger partial charge in [-0.15, -0.1) is 0 Å². The highest BCUT2D eigenvalue weighted by Gasteiger charge is 2.30. The van der Waals surface area contributed by atoms with Gasteiger partial charge in [-0.3, -0.25) is 0 Å². The molecule has 0 amide bonds. The molecule has 0 radical (unpaired) electrons. The lowest BCUT2D eigenvalue weighted by molar-refractivity contribution is 0.461. The zero-order chi connectivity index (χ0) is 17.8. The van der Waals surface area contributed by atoms with Crippen LogP contribution in [0.3, 0.4) is 0 Å². The lowest BCUT2D eigenvalue weighted by Crippen LogP contribution is -2.26. The summed E-state index contributed by atoms with van der Waals surface area (Å²) in [7, 11) is 0. The van der Waals surface area contributed by atoms with E-state index < -0.39 is 0 Å². The molecular weight excluding hydrogens is 321 g/mol. The molecule has 1 saturated heterocycles. The molecule has 2 bridgehead atoms. The van der Waals surface area contributed by atoms with Gasteiger partial charge in [-0.25, -0.2) is 4.39 Å². The third-order valence-corrected chi connectivity index (χ3v) is 6.54. The van der Waals surface area contributed by atoms with Gasteiger partial charge in [0, 0.05) is 5.56 Å². The Bertz CT molecular complexity index is 702. The largest absolute Gasteiger partial charge is 0.317 e. The van der Waals surface area contributed by atoms with Gasteiger partial charge in [0.1, 0.15) is 5.82 Å². The highest BCUT2D eigenvalue weighted by molar-refractivity contribution is 5.68. The first-order chi connectivity index (χ1) is 12.8. The minimum absolute atomic E-state index is 0.135. The number of nitrogens with one attached hydrogen (secondary N) is 1. The number of hydrogen-bond acceptors (Lipinski definition) is 1. The summed E-state index contributed by atoms with van der Waals surface area (Å²) in [5, 5.41) is 3.38. The SMILES string of the molecule is C1CC2CCC1C2.Fc1ccccc1-c1ccccc1C1CCNCC1. The summed E-state index contributed by atoms with van der Waals surface area (Å²) in [6.45, 7) is 2.10. The topological polar surface area (TPSA) is 12.0 Å². The van der Waals surface area contributed by atoms with Gasteiger partial charge in [0.25, 0.3) is 0 Å². The fourth-order valence-electron chi connectivity index (χ4n) is 5.09.